The van der Waals surface area contributed by atoms with Gasteiger partial charge >= 0.3 is 0 Å². The maximum atomic E-state index is 12.5. The Morgan fingerprint density at radius 1 is 1.00 bits per heavy atom. The Labute approximate surface area is 210 Å². The second kappa shape index (κ2) is 9.43. The minimum absolute atomic E-state index is 0.172. The lowest BCUT2D eigenvalue weighted by atomic mass is 9.92. The topological polar surface area (TPSA) is 103 Å². The van der Waals surface area contributed by atoms with Crippen LogP contribution in [-0.2, 0) is 19.5 Å². The number of ether oxygens (including phenoxy) is 3. The fourth-order valence-electron chi connectivity index (χ4n) is 5.14. The molecule has 6 rings (SSSR count). The number of rotatable bonds is 7. The molecule has 8 nitrogen and oxygen atoms in total. The van der Waals surface area contributed by atoms with Crippen molar-refractivity contribution in [2.45, 2.75) is 55.9 Å². The van der Waals surface area contributed by atoms with Gasteiger partial charge in [0.2, 0.25) is 10.0 Å². The second-order valence-electron chi connectivity index (χ2n) is 9.85. The first-order valence-corrected chi connectivity index (χ1v) is 14.1. The van der Waals surface area contributed by atoms with Gasteiger partial charge in [-0.05, 0) is 61.9 Å². The Kier molecular flexibility index (Phi) is 6.12. The fraction of sp³-hybridized carbons (Fsp3) is 0.444. The molecule has 1 saturated heterocycles. The number of nitriles is 1. The van der Waals surface area contributed by atoms with Crippen molar-refractivity contribution in [2.75, 3.05) is 24.7 Å². The molecule has 0 spiro atoms. The Morgan fingerprint density at radius 2 is 1.72 bits per heavy atom. The van der Waals surface area contributed by atoms with Gasteiger partial charge in [-0.2, -0.15) is 5.26 Å². The third-order valence-electron chi connectivity index (χ3n) is 7.51. The van der Waals surface area contributed by atoms with E-state index in [1.807, 2.05) is 30.3 Å². The first-order chi connectivity index (χ1) is 17.5. The van der Waals surface area contributed by atoms with E-state index in [0.717, 1.165) is 53.6 Å². The second-order valence-corrected chi connectivity index (χ2v) is 11.8. The number of nitrogens with one attached hydrogen (secondary N) is 1. The summed E-state index contributed by atoms with van der Waals surface area (Å²) in [5.74, 6) is 0.719. The van der Waals surface area contributed by atoms with Crippen LogP contribution in [0.15, 0.2) is 42.5 Å². The molecule has 2 aromatic carbocycles. The Hall–Kier alpha value is -3.06. The van der Waals surface area contributed by atoms with Gasteiger partial charge in [0.25, 0.3) is 0 Å². The van der Waals surface area contributed by atoms with Crippen LogP contribution in [0.5, 0.6) is 5.75 Å². The third-order valence-corrected chi connectivity index (χ3v) is 9.38. The van der Waals surface area contributed by atoms with Gasteiger partial charge in [0, 0.05) is 23.2 Å². The number of benzene rings is 2. The van der Waals surface area contributed by atoms with Crippen molar-refractivity contribution < 1.29 is 22.6 Å². The van der Waals surface area contributed by atoms with E-state index >= 15 is 0 Å². The molecule has 1 N–H and O–H groups in total. The Bertz CT molecular complexity index is 1410. The zero-order chi connectivity index (χ0) is 24.7. The van der Waals surface area contributed by atoms with Crippen molar-refractivity contribution in [3.8, 4) is 23.1 Å². The molecule has 3 aliphatic rings. The minimum atomic E-state index is -3.36. The Balaban J connectivity index is 1.37. The van der Waals surface area contributed by atoms with Crippen LogP contribution in [0.1, 0.15) is 50.1 Å². The molecular weight excluding hydrogens is 478 g/mol. The number of anilines is 1. The minimum Gasteiger partial charge on any atom is -0.486 e. The van der Waals surface area contributed by atoms with Gasteiger partial charge < -0.3 is 18.8 Å². The molecule has 9 heteroatoms. The average Bonchev–Trinajstić information content (AvgIpc) is 3.11. The summed E-state index contributed by atoms with van der Waals surface area (Å²) in [7, 11) is -3.36. The van der Waals surface area contributed by atoms with Gasteiger partial charge in [-0.15, -0.1) is 0 Å². The number of hydrogen-bond acceptors (Lipinski definition) is 6. The molecule has 2 heterocycles. The largest absolute Gasteiger partial charge is 0.486 e. The number of nitrogens with zero attached hydrogens (tertiary/aromatic N) is 2. The van der Waals surface area contributed by atoms with E-state index < -0.39 is 10.0 Å². The van der Waals surface area contributed by atoms with Crippen LogP contribution in [0, 0.1) is 11.3 Å². The summed E-state index contributed by atoms with van der Waals surface area (Å²) in [6, 6.07) is 16.0. The number of aromatic nitrogens is 1. The van der Waals surface area contributed by atoms with Crippen molar-refractivity contribution >= 4 is 26.6 Å². The van der Waals surface area contributed by atoms with Crippen molar-refractivity contribution in [3.05, 3.63) is 48.0 Å². The molecule has 3 aromatic rings. The first-order valence-electron chi connectivity index (χ1n) is 12.6. The molecular formula is C27H29N3O5S. The van der Waals surface area contributed by atoms with E-state index in [2.05, 4.69) is 15.4 Å². The van der Waals surface area contributed by atoms with Crippen LogP contribution in [0.2, 0.25) is 0 Å². The van der Waals surface area contributed by atoms with E-state index in [9.17, 15) is 13.7 Å². The summed E-state index contributed by atoms with van der Waals surface area (Å²) in [4.78, 5) is 0. The molecule has 2 aliphatic carbocycles. The van der Waals surface area contributed by atoms with E-state index in [1.54, 1.807) is 12.1 Å². The zero-order valence-electron chi connectivity index (χ0n) is 20.0. The van der Waals surface area contributed by atoms with Crippen molar-refractivity contribution in [3.63, 3.8) is 0 Å². The van der Waals surface area contributed by atoms with Crippen LogP contribution >= 0.6 is 0 Å². The van der Waals surface area contributed by atoms with E-state index in [-0.39, 0.29) is 11.4 Å². The molecule has 2 saturated carbocycles. The van der Waals surface area contributed by atoms with Crippen molar-refractivity contribution in [1.82, 2.24) is 4.57 Å². The quantitative estimate of drug-likeness (QED) is 0.485. The molecule has 0 bridgehead atoms. The molecule has 188 valence electrons. The molecule has 1 aliphatic heterocycles. The summed E-state index contributed by atoms with van der Waals surface area (Å²) in [6.07, 6.45) is 5.48. The van der Waals surface area contributed by atoms with Crippen LogP contribution < -0.4 is 9.46 Å². The van der Waals surface area contributed by atoms with Gasteiger partial charge in [0.15, 0.2) is 0 Å². The molecule has 0 radical (unpaired) electrons. The van der Waals surface area contributed by atoms with Gasteiger partial charge in [0.1, 0.15) is 24.7 Å². The maximum absolute atomic E-state index is 12.5. The lowest BCUT2D eigenvalue weighted by molar-refractivity contribution is -0.143. The van der Waals surface area contributed by atoms with E-state index in [0.29, 0.717) is 50.1 Å². The fourth-order valence-corrected chi connectivity index (χ4v) is 6.72. The highest BCUT2D eigenvalue weighted by Crippen LogP contribution is 2.43. The van der Waals surface area contributed by atoms with Crippen LogP contribution in [-0.4, -0.2) is 44.3 Å². The molecule has 0 atom stereocenters. The summed E-state index contributed by atoms with van der Waals surface area (Å²) < 4.78 is 46.9. The zero-order valence-corrected chi connectivity index (χ0v) is 20.8. The lowest BCUT2D eigenvalue weighted by Gasteiger charge is -2.30. The standard InChI is InChI=1S/C27H29N3O5S/c28-14-25-24-12-11-21(35-22-15-33-17-34-16-22)13-26(24)30(20-3-1-4-20)27(25)18-7-9-19(10-8-18)29-36(31,32)23-5-2-6-23/h7-13,20,22-23,29H,1-6,15-17H2. The number of fused-ring (bicyclic) bond motifs is 1. The summed E-state index contributed by atoms with van der Waals surface area (Å²) >= 11 is 0. The van der Waals surface area contributed by atoms with Crippen LogP contribution in [0.4, 0.5) is 5.69 Å². The van der Waals surface area contributed by atoms with Crippen LogP contribution in [0.25, 0.3) is 22.2 Å². The number of hydrogen-bond donors (Lipinski definition) is 1. The van der Waals surface area contributed by atoms with Gasteiger partial charge in [0.05, 0.1) is 35.2 Å². The van der Waals surface area contributed by atoms with E-state index in [4.69, 9.17) is 14.2 Å². The molecule has 0 amide bonds. The monoisotopic (exact) mass is 507 g/mol. The highest BCUT2D eigenvalue weighted by atomic mass is 32.2. The number of sulfonamides is 1. The van der Waals surface area contributed by atoms with E-state index in [1.165, 1.54) is 0 Å². The highest BCUT2D eigenvalue weighted by Gasteiger charge is 2.31. The molecule has 36 heavy (non-hydrogen) atoms. The van der Waals surface area contributed by atoms with Crippen molar-refractivity contribution in [2.24, 2.45) is 0 Å². The normalized spacial score (nSPS) is 19.4. The predicted molar refractivity (Wildman–Crippen MR) is 136 cm³/mol. The van der Waals surface area contributed by atoms with Crippen molar-refractivity contribution in [1.29, 1.82) is 5.26 Å². The smallest absolute Gasteiger partial charge is 0.235 e. The first kappa shape index (κ1) is 23.3. The molecule has 0 unspecified atom stereocenters. The van der Waals surface area contributed by atoms with Gasteiger partial charge in [-0.3, -0.25) is 4.72 Å². The Morgan fingerprint density at radius 3 is 2.33 bits per heavy atom. The summed E-state index contributed by atoms with van der Waals surface area (Å²) in [5.41, 5.74) is 3.89. The molecule has 3 fully saturated rings. The highest BCUT2D eigenvalue weighted by molar-refractivity contribution is 7.93. The SMILES string of the molecule is N#Cc1c(-c2ccc(NS(=O)(=O)C3CCC3)cc2)n(C2CCC2)c2cc(OC3COCOC3)ccc12. The predicted octanol–water partition coefficient (Wildman–Crippen LogP) is 4.95. The summed E-state index contributed by atoms with van der Waals surface area (Å²) in [5, 5.41) is 10.8. The average molecular weight is 508 g/mol. The lowest BCUT2D eigenvalue weighted by Crippen LogP contribution is -2.33. The van der Waals surface area contributed by atoms with Gasteiger partial charge in [-0.25, -0.2) is 8.42 Å². The van der Waals surface area contributed by atoms with Crippen LogP contribution in [0.3, 0.4) is 0 Å². The third kappa shape index (κ3) is 4.23. The molecule has 1 aromatic heterocycles. The maximum Gasteiger partial charge on any atom is 0.235 e. The summed E-state index contributed by atoms with van der Waals surface area (Å²) in [6.45, 7) is 1.25. The van der Waals surface area contributed by atoms with Gasteiger partial charge in [-0.1, -0.05) is 18.6 Å².